The van der Waals surface area contributed by atoms with Gasteiger partial charge in [-0.05, 0) is 62.2 Å². The molecule has 3 N–H and O–H groups in total. The van der Waals surface area contributed by atoms with Crippen molar-refractivity contribution in [1.29, 1.82) is 0 Å². The largest absolute Gasteiger partial charge is 0.329 e. The molecule has 2 rings (SSSR count). The second-order valence-corrected chi connectivity index (χ2v) is 8.38. The maximum absolute atomic E-state index is 6.14. The van der Waals surface area contributed by atoms with Gasteiger partial charge in [-0.25, -0.2) is 0 Å². The minimum atomic E-state index is 0.247. The van der Waals surface area contributed by atoms with Gasteiger partial charge < -0.3 is 11.1 Å². The predicted octanol–water partition coefficient (Wildman–Crippen LogP) is 3.70. The Bertz CT molecular complexity index is 284. The van der Waals surface area contributed by atoms with E-state index in [-0.39, 0.29) is 5.54 Å². The van der Waals surface area contributed by atoms with Crippen molar-refractivity contribution in [2.45, 2.75) is 84.2 Å². The number of nitrogens with two attached hydrogens (primary N) is 1. The van der Waals surface area contributed by atoms with Crippen molar-refractivity contribution in [2.75, 3.05) is 6.54 Å². The Morgan fingerprint density at radius 1 is 1.11 bits per heavy atom. The highest BCUT2D eigenvalue weighted by Crippen LogP contribution is 2.42. The summed E-state index contributed by atoms with van der Waals surface area (Å²) in [5.41, 5.74) is 6.85. The van der Waals surface area contributed by atoms with Crippen LogP contribution < -0.4 is 11.1 Å². The van der Waals surface area contributed by atoms with Crippen LogP contribution in [0.4, 0.5) is 0 Å². The summed E-state index contributed by atoms with van der Waals surface area (Å²) in [5, 5.41) is 3.96. The summed E-state index contributed by atoms with van der Waals surface area (Å²) < 4.78 is 0. The molecule has 112 valence electrons. The Morgan fingerprint density at radius 2 is 1.74 bits per heavy atom. The van der Waals surface area contributed by atoms with E-state index in [9.17, 15) is 0 Å². The fourth-order valence-corrected chi connectivity index (χ4v) is 4.22. The number of hydrogen-bond donors (Lipinski definition) is 2. The molecule has 2 atom stereocenters. The van der Waals surface area contributed by atoms with E-state index in [2.05, 4.69) is 33.0 Å². The topological polar surface area (TPSA) is 38.0 Å². The zero-order valence-corrected chi connectivity index (χ0v) is 13.5. The normalized spacial score (nSPS) is 40.6. The van der Waals surface area contributed by atoms with Gasteiger partial charge in [0, 0.05) is 18.1 Å². The Kier molecular flexibility index (Phi) is 4.62. The minimum Gasteiger partial charge on any atom is -0.329 e. The lowest BCUT2D eigenvalue weighted by Gasteiger charge is -2.45. The van der Waals surface area contributed by atoms with E-state index in [1.54, 1.807) is 0 Å². The Morgan fingerprint density at radius 3 is 2.16 bits per heavy atom. The van der Waals surface area contributed by atoms with E-state index >= 15 is 0 Å². The highest BCUT2D eigenvalue weighted by atomic mass is 15.0. The molecule has 0 amide bonds. The van der Waals surface area contributed by atoms with Crippen molar-refractivity contribution in [3.05, 3.63) is 0 Å². The molecule has 2 fully saturated rings. The van der Waals surface area contributed by atoms with E-state index in [4.69, 9.17) is 5.73 Å². The summed E-state index contributed by atoms with van der Waals surface area (Å²) in [5.74, 6) is 1.77. The molecule has 0 aromatic carbocycles. The van der Waals surface area contributed by atoms with Crippen molar-refractivity contribution in [2.24, 2.45) is 23.0 Å². The van der Waals surface area contributed by atoms with Crippen molar-refractivity contribution in [3.8, 4) is 0 Å². The van der Waals surface area contributed by atoms with Crippen molar-refractivity contribution < 1.29 is 0 Å². The van der Waals surface area contributed by atoms with Gasteiger partial charge in [0.2, 0.25) is 0 Å². The molecule has 0 aliphatic heterocycles. The highest BCUT2D eigenvalue weighted by Gasteiger charge is 2.39. The van der Waals surface area contributed by atoms with Gasteiger partial charge in [0.25, 0.3) is 0 Å². The van der Waals surface area contributed by atoms with E-state index in [0.717, 1.165) is 24.4 Å². The molecular formula is C17H34N2. The van der Waals surface area contributed by atoms with Crippen LogP contribution in [0.1, 0.15) is 72.6 Å². The van der Waals surface area contributed by atoms with E-state index in [0.29, 0.717) is 5.41 Å². The van der Waals surface area contributed by atoms with E-state index < -0.39 is 0 Å². The zero-order chi connectivity index (χ0) is 14.1. The van der Waals surface area contributed by atoms with Gasteiger partial charge in [-0.15, -0.1) is 0 Å². The monoisotopic (exact) mass is 266 g/mol. The average molecular weight is 266 g/mol. The summed E-state index contributed by atoms with van der Waals surface area (Å²) in [4.78, 5) is 0. The Hall–Kier alpha value is -0.0800. The fraction of sp³-hybridized carbons (Fsp3) is 1.00. The van der Waals surface area contributed by atoms with E-state index in [1.807, 2.05) is 0 Å². The Labute approximate surface area is 119 Å². The molecule has 2 aliphatic rings. The SMILES string of the molecule is CC1CCC(NC2(CN)CCC(C(C)(C)C)CC2)C1. The van der Waals surface area contributed by atoms with Gasteiger partial charge >= 0.3 is 0 Å². The maximum atomic E-state index is 6.14. The molecule has 0 aromatic heterocycles. The lowest BCUT2D eigenvalue weighted by atomic mass is 9.67. The molecule has 0 saturated heterocycles. The molecule has 2 saturated carbocycles. The van der Waals surface area contributed by atoms with Gasteiger partial charge in [0.05, 0.1) is 0 Å². The number of hydrogen-bond acceptors (Lipinski definition) is 2. The van der Waals surface area contributed by atoms with Crippen LogP contribution in [0.2, 0.25) is 0 Å². The molecular weight excluding hydrogens is 232 g/mol. The van der Waals surface area contributed by atoms with Crippen LogP contribution in [0.3, 0.4) is 0 Å². The smallest absolute Gasteiger partial charge is 0.0306 e. The molecule has 2 heteroatoms. The van der Waals surface area contributed by atoms with Crippen LogP contribution in [-0.2, 0) is 0 Å². The van der Waals surface area contributed by atoms with E-state index in [1.165, 1.54) is 44.9 Å². The molecule has 19 heavy (non-hydrogen) atoms. The third kappa shape index (κ3) is 3.72. The van der Waals surface area contributed by atoms with Gasteiger partial charge in [0.1, 0.15) is 0 Å². The molecule has 2 nitrogen and oxygen atoms in total. The molecule has 0 aromatic rings. The van der Waals surface area contributed by atoms with Crippen LogP contribution in [0.5, 0.6) is 0 Å². The zero-order valence-electron chi connectivity index (χ0n) is 13.5. The first-order chi connectivity index (χ1) is 8.85. The summed E-state index contributed by atoms with van der Waals surface area (Å²) >= 11 is 0. The second-order valence-electron chi connectivity index (χ2n) is 8.38. The molecule has 0 heterocycles. The highest BCUT2D eigenvalue weighted by molar-refractivity contribution is 4.98. The standard InChI is InChI=1S/C17H34N2/c1-13-5-6-15(11-13)19-17(12-18)9-7-14(8-10-17)16(2,3)4/h13-15,19H,5-12,18H2,1-4H3. The fourth-order valence-electron chi connectivity index (χ4n) is 4.22. The van der Waals surface area contributed by atoms with Gasteiger partial charge in [0.15, 0.2) is 0 Å². The van der Waals surface area contributed by atoms with Crippen LogP contribution in [-0.4, -0.2) is 18.1 Å². The van der Waals surface area contributed by atoms with Gasteiger partial charge in [-0.3, -0.25) is 0 Å². The van der Waals surface area contributed by atoms with Crippen LogP contribution >= 0.6 is 0 Å². The van der Waals surface area contributed by atoms with Gasteiger partial charge in [-0.2, -0.15) is 0 Å². The number of rotatable bonds is 3. The quantitative estimate of drug-likeness (QED) is 0.817. The third-order valence-corrected chi connectivity index (χ3v) is 5.76. The summed E-state index contributed by atoms with van der Waals surface area (Å²) in [6.45, 7) is 10.4. The van der Waals surface area contributed by atoms with Crippen LogP contribution in [0.15, 0.2) is 0 Å². The minimum absolute atomic E-state index is 0.247. The van der Waals surface area contributed by atoms with Crippen molar-refractivity contribution in [1.82, 2.24) is 5.32 Å². The predicted molar refractivity (Wildman–Crippen MR) is 83.1 cm³/mol. The Balaban J connectivity index is 1.90. The number of nitrogens with one attached hydrogen (secondary N) is 1. The lowest BCUT2D eigenvalue weighted by molar-refractivity contribution is 0.110. The molecule has 0 bridgehead atoms. The average Bonchev–Trinajstić information content (AvgIpc) is 2.74. The van der Waals surface area contributed by atoms with Crippen molar-refractivity contribution in [3.63, 3.8) is 0 Å². The first kappa shape index (κ1) is 15.3. The maximum Gasteiger partial charge on any atom is 0.0306 e. The summed E-state index contributed by atoms with van der Waals surface area (Å²) in [6.07, 6.45) is 9.33. The summed E-state index contributed by atoms with van der Waals surface area (Å²) in [7, 11) is 0. The second kappa shape index (κ2) is 5.73. The molecule has 0 radical (unpaired) electrons. The lowest BCUT2D eigenvalue weighted by Crippen LogP contribution is -2.57. The molecule has 2 aliphatic carbocycles. The van der Waals surface area contributed by atoms with Crippen molar-refractivity contribution >= 4 is 0 Å². The third-order valence-electron chi connectivity index (χ3n) is 5.76. The first-order valence-corrected chi connectivity index (χ1v) is 8.32. The molecule has 0 spiro atoms. The van der Waals surface area contributed by atoms with Crippen LogP contribution in [0.25, 0.3) is 0 Å². The molecule has 2 unspecified atom stereocenters. The summed E-state index contributed by atoms with van der Waals surface area (Å²) in [6, 6.07) is 0.727. The van der Waals surface area contributed by atoms with Gasteiger partial charge in [-0.1, -0.05) is 27.7 Å². The first-order valence-electron chi connectivity index (χ1n) is 8.32. The van der Waals surface area contributed by atoms with Crippen LogP contribution in [0, 0.1) is 17.3 Å².